The number of hydrogen-bond donors (Lipinski definition) is 1. The molecule has 1 unspecified atom stereocenters. The number of imide groups is 1. The van der Waals surface area contributed by atoms with Gasteiger partial charge in [0.1, 0.15) is 6.04 Å². The predicted octanol–water partition coefficient (Wildman–Crippen LogP) is 5.86. The van der Waals surface area contributed by atoms with Crippen LogP contribution in [-0.2, 0) is 14.4 Å². The summed E-state index contributed by atoms with van der Waals surface area (Å²) in [4.78, 5) is 35.9. The van der Waals surface area contributed by atoms with E-state index in [2.05, 4.69) is 30.6 Å². The molecule has 0 bridgehead atoms. The van der Waals surface area contributed by atoms with E-state index in [1.165, 1.54) is 51.4 Å². The second kappa shape index (κ2) is 18.3. The molecule has 0 spiro atoms. The van der Waals surface area contributed by atoms with E-state index in [-0.39, 0.29) is 24.7 Å². The molecule has 5 nitrogen and oxygen atoms in total. The van der Waals surface area contributed by atoms with Crippen LogP contribution in [0.25, 0.3) is 0 Å². The number of carbonyl (C=O) groups excluding carboxylic acids is 2. The van der Waals surface area contributed by atoms with Crippen molar-refractivity contribution in [2.75, 3.05) is 0 Å². The lowest BCUT2D eigenvalue weighted by atomic mass is 10.0. The highest BCUT2D eigenvalue weighted by Gasteiger charge is 2.38. The Labute approximate surface area is 194 Å². The Kier molecular flexibility index (Phi) is 15.9. The van der Waals surface area contributed by atoms with Crippen molar-refractivity contribution in [1.82, 2.24) is 4.90 Å². The van der Waals surface area contributed by atoms with E-state index in [1.807, 2.05) is 0 Å². The highest BCUT2D eigenvalue weighted by molar-refractivity contribution is 6.04. The van der Waals surface area contributed by atoms with Crippen molar-refractivity contribution in [2.45, 2.75) is 129 Å². The lowest BCUT2D eigenvalue weighted by Crippen LogP contribution is -2.44. The lowest BCUT2D eigenvalue weighted by Gasteiger charge is -2.22. The van der Waals surface area contributed by atoms with E-state index in [0.29, 0.717) is 12.8 Å². The minimum Gasteiger partial charge on any atom is -0.480 e. The third-order valence-electron chi connectivity index (χ3n) is 5.86. The van der Waals surface area contributed by atoms with Crippen LogP contribution in [0.15, 0.2) is 0 Å². The van der Waals surface area contributed by atoms with Crippen molar-refractivity contribution in [3.63, 3.8) is 0 Å². The molecule has 1 rings (SSSR count). The maximum absolute atomic E-state index is 11.8. The van der Waals surface area contributed by atoms with Crippen molar-refractivity contribution >= 4 is 17.8 Å². The van der Waals surface area contributed by atoms with Crippen LogP contribution in [0.4, 0.5) is 0 Å². The van der Waals surface area contributed by atoms with Crippen LogP contribution in [0.5, 0.6) is 0 Å². The van der Waals surface area contributed by atoms with Crippen LogP contribution in [0, 0.1) is 23.7 Å². The number of nitrogens with zero attached hydrogens (tertiary/aromatic N) is 1. The summed E-state index contributed by atoms with van der Waals surface area (Å²) in [5.74, 6) is 10.3. The number of unbranched alkanes of at least 4 members (excludes halogenated alkanes) is 13. The molecule has 0 saturated carbocycles. The molecule has 2 amide bonds. The first-order valence-corrected chi connectivity index (χ1v) is 12.6. The van der Waals surface area contributed by atoms with Gasteiger partial charge < -0.3 is 5.11 Å². The van der Waals surface area contributed by atoms with E-state index in [4.69, 9.17) is 0 Å². The Bertz CT molecular complexity index is 676. The van der Waals surface area contributed by atoms with Crippen LogP contribution in [0.3, 0.4) is 0 Å². The van der Waals surface area contributed by atoms with Crippen molar-refractivity contribution in [3.8, 4) is 23.7 Å². The number of rotatable bonds is 17. The van der Waals surface area contributed by atoms with Gasteiger partial charge in [-0.25, -0.2) is 4.79 Å². The van der Waals surface area contributed by atoms with Gasteiger partial charge in [0.15, 0.2) is 0 Å². The summed E-state index contributed by atoms with van der Waals surface area (Å²) in [6.07, 6.45) is 17.5. The molecule has 0 aromatic rings. The molecule has 32 heavy (non-hydrogen) atoms. The predicted molar refractivity (Wildman–Crippen MR) is 128 cm³/mol. The SMILES string of the molecule is CCCCCCCCCCC#CC#CCCCCCCCC(C(=O)O)N1C(=O)CCC1=O. The zero-order valence-electron chi connectivity index (χ0n) is 19.9. The van der Waals surface area contributed by atoms with Crippen LogP contribution in [-0.4, -0.2) is 33.8 Å². The molecular weight excluding hydrogens is 402 g/mol. The Morgan fingerprint density at radius 1 is 0.781 bits per heavy atom. The van der Waals surface area contributed by atoms with E-state index in [1.54, 1.807) is 0 Å². The average molecular weight is 444 g/mol. The van der Waals surface area contributed by atoms with Crippen LogP contribution in [0.1, 0.15) is 122 Å². The Balaban J connectivity index is 1.99. The van der Waals surface area contributed by atoms with Crippen molar-refractivity contribution in [1.29, 1.82) is 0 Å². The molecule has 0 aliphatic carbocycles. The first kappa shape index (κ1) is 27.8. The Morgan fingerprint density at radius 2 is 1.22 bits per heavy atom. The third kappa shape index (κ3) is 12.6. The lowest BCUT2D eigenvalue weighted by molar-refractivity contribution is -0.154. The van der Waals surface area contributed by atoms with Crippen LogP contribution < -0.4 is 0 Å². The van der Waals surface area contributed by atoms with Crippen molar-refractivity contribution in [3.05, 3.63) is 0 Å². The summed E-state index contributed by atoms with van der Waals surface area (Å²) < 4.78 is 0. The first-order chi connectivity index (χ1) is 15.6. The van der Waals surface area contributed by atoms with Gasteiger partial charge in [-0.1, -0.05) is 89.4 Å². The second-order valence-corrected chi connectivity index (χ2v) is 8.65. The highest BCUT2D eigenvalue weighted by atomic mass is 16.4. The molecule has 1 heterocycles. The fourth-order valence-electron chi connectivity index (χ4n) is 3.95. The average Bonchev–Trinajstić information content (AvgIpc) is 3.10. The summed E-state index contributed by atoms with van der Waals surface area (Å²) >= 11 is 0. The number of amides is 2. The summed E-state index contributed by atoms with van der Waals surface area (Å²) in [7, 11) is 0. The number of carboxylic acids is 1. The number of carboxylic acid groups (broad SMARTS) is 1. The quantitative estimate of drug-likeness (QED) is 0.174. The number of likely N-dealkylation sites (tertiary alicyclic amines) is 1. The molecular formula is C27H41NO4. The zero-order valence-corrected chi connectivity index (χ0v) is 19.9. The normalized spacial score (nSPS) is 14.0. The summed E-state index contributed by atoms with van der Waals surface area (Å²) in [6.45, 7) is 2.25. The molecule has 1 fully saturated rings. The van der Waals surface area contributed by atoms with Gasteiger partial charge in [-0.2, -0.15) is 0 Å². The minimum atomic E-state index is -1.09. The fourth-order valence-corrected chi connectivity index (χ4v) is 3.95. The molecule has 178 valence electrons. The maximum atomic E-state index is 11.8. The molecule has 1 N–H and O–H groups in total. The van der Waals surface area contributed by atoms with Crippen molar-refractivity contribution in [2.24, 2.45) is 0 Å². The zero-order chi connectivity index (χ0) is 23.4. The largest absolute Gasteiger partial charge is 0.480 e. The molecule has 1 saturated heterocycles. The molecule has 1 aliphatic heterocycles. The molecule has 5 heteroatoms. The van der Waals surface area contributed by atoms with Gasteiger partial charge in [-0.3, -0.25) is 14.5 Å². The number of carbonyl (C=O) groups is 3. The first-order valence-electron chi connectivity index (χ1n) is 12.6. The topological polar surface area (TPSA) is 74.7 Å². The minimum absolute atomic E-state index is 0.132. The highest BCUT2D eigenvalue weighted by Crippen LogP contribution is 2.20. The maximum Gasteiger partial charge on any atom is 0.326 e. The van der Waals surface area contributed by atoms with Gasteiger partial charge in [0, 0.05) is 25.7 Å². The van der Waals surface area contributed by atoms with Gasteiger partial charge in [0.05, 0.1) is 0 Å². The Morgan fingerprint density at radius 3 is 1.69 bits per heavy atom. The second-order valence-electron chi connectivity index (χ2n) is 8.65. The molecule has 0 radical (unpaired) electrons. The van der Waals surface area contributed by atoms with Crippen LogP contribution in [0.2, 0.25) is 0 Å². The molecule has 0 aromatic heterocycles. The van der Waals surface area contributed by atoms with Gasteiger partial charge in [-0.05, 0) is 31.1 Å². The molecule has 1 atom stereocenters. The summed E-state index contributed by atoms with van der Waals surface area (Å²) in [6, 6.07) is -1.01. The van der Waals surface area contributed by atoms with E-state index in [0.717, 1.165) is 43.4 Å². The smallest absolute Gasteiger partial charge is 0.326 e. The van der Waals surface area contributed by atoms with Gasteiger partial charge in [0.2, 0.25) is 11.8 Å². The van der Waals surface area contributed by atoms with Gasteiger partial charge in [-0.15, -0.1) is 0 Å². The third-order valence-corrected chi connectivity index (χ3v) is 5.86. The van der Waals surface area contributed by atoms with E-state index in [9.17, 15) is 19.5 Å². The Hall–Kier alpha value is -2.27. The fraction of sp³-hybridized carbons (Fsp3) is 0.741. The van der Waals surface area contributed by atoms with Crippen LogP contribution >= 0.6 is 0 Å². The van der Waals surface area contributed by atoms with Gasteiger partial charge >= 0.3 is 5.97 Å². The van der Waals surface area contributed by atoms with Crippen molar-refractivity contribution < 1.29 is 19.5 Å². The summed E-state index contributed by atoms with van der Waals surface area (Å²) in [5, 5.41) is 9.35. The number of hydrogen-bond acceptors (Lipinski definition) is 3. The van der Waals surface area contributed by atoms with E-state index < -0.39 is 12.0 Å². The molecule has 0 aromatic carbocycles. The van der Waals surface area contributed by atoms with E-state index >= 15 is 0 Å². The number of aliphatic carboxylic acids is 1. The monoisotopic (exact) mass is 443 g/mol. The molecule has 1 aliphatic rings. The summed E-state index contributed by atoms with van der Waals surface area (Å²) in [5.41, 5.74) is 0. The van der Waals surface area contributed by atoms with Gasteiger partial charge in [0.25, 0.3) is 0 Å². The standard InChI is InChI=1S/C27H41NO4/c1-2-3-4-5-6-7-8-9-10-11-12-13-14-15-16-17-18-19-20-21-24(27(31)32)28-25(29)22-23-26(28)30/h24H,2-10,15-23H2,1H3,(H,31,32).